The maximum absolute atomic E-state index is 14.1. The molecule has 32 heavy (non-hydrogen) atoms. The number of ether oxygens (including phenoxy) is 1. The summed E-state index contributed by atoms with van der Waals surface area (Å²) >= 11 is 6.25. The summed E-state index contributed by atoms with van der Waals surface area (Å²) < 4.78 is 72.8. The van der Waals surface area contributed by atoms with Gasteiger partial charge in [-0.2, -0.15) is 18.3 Å². The van der Waals surface area contributed by atoms with E-state index >= 15 is 0 Å². The van der Waals surface area contributed by atoms with Crippen LogP contribution in [0.2, 0.25) is 5.02 Å². The van der Waals surface area contributed by atoms with Gasteiger partial charge < -0.3 is 4.74 Å². The molecule has 0 atom stereocenters. The summed E-state index contributed by atoms with van der Waals surface area (Å²) in [6, 6.07) is 9.87. The van der Waals surface area contributed by atoms with Crippen LogP contribution in [0.3, 0.4) is 0 Å². The summed E-state index contributed by atoms with van der Waals surface area (Å²) in [7, 11) is 1.55. The molecule has 0 saturated carbocycles. The number of aromatic nitrogens is 4. The molecule has 0 aliphatic heterocycles. The molecule has 0 spiro atoms. The molecule has 2 aromatic carbocycles. The summed E-state index contributed by atoms with van der Waals surface area (Å²) in [6.07, 6.45) is -3.86. The van der Waals surface area contributed by atoms with Gasteiger partial charge in [0, 0.05) is 24.9 Å². The molecule has 0 bridgehead atoms. The summed E-state index contributed by atoms with van der Waals surface area (Å²) in [6.45, 7) is 0. The van der Waals surface area contributed by atoms with Crippen molar-refractivity contribution in [2.45, 2.75) is 6.18 Å². The topological polar surface area (TPSA) is 52.8 Å². The van der Waals surface area contributed by atoms with Crippen molar-refractivity contribution in [3.8, 4) is 34.4 Å². The minimum Gasteiger partial charge on any atom is -0.437 e. The predicted octanol–water partition coefficient (Wildman–Crippen LogP) is 6.29. The van der Waals surface area contributed by atoms with Crippen LogP contribution in [0.4, 0.5) is 22.0 Å². The maximum atomic E-state index is 14.1. The fraction of sp³-hybridized carbons (Fsp3) is 0.0952. The molecular formula is C21H12ClF5N4O. The van der Waals surface area contributed by atoms with Gasteiger partial charge in [0.2, 0.25) is 5.88 Å². The summed E-state index contributed by atoms with van der Waals surface area (Å²) in [5, 5.41) is 4.19. The van der Waals surface area contributed by atoms with Gasteiger partial charge in [-0.1, -0.05) is 17.7 Å². The number of nitrogens with zero attached hydrogens (tertiary/aromatic N) is 4. The molecule has 164 valence electrons. The Morgan fingerprint density at radius 2 is 1.72 bits per heavy atom. The minimum absolute atomic E-state index is 0.0800. The lowest BCUT2D eigenvalue weighted by molar-refractivity contribution is -0.137. The first-order chi connectivity index (χ1) is 15.1. The zero-order chi connectivity index (χ0) is 23.0. The fourth-order valence-corrected chi connectivity index (χ4v) is 3.12. The van der Waals surface area contributed by atoms with Crippen LogP contribution in [0.15, 0.2) is 54.7 Å². The van der Waals surface area contributed by atoms with Gasteiger partial charge in [-0.15, -0.1) is 0 Å². The first-order valence-corrected chi connectivity index (χ1v) is 9.37. The molecule has 2 aromatic heterocycles. The molecule has 0 aliphatic carbocycles. The monoisotopic (exact) mass is 466 g/mol. The third-order valence-corrected chi connectivity index (χ3v) is 4.71. The van der Waals surface area contributed by atoms with E-state index in [-0.39, 0.29) is 33.9 Å². The SMILES string of the molecule is Cn1nc(-c2c(F)cccc2F)nc1-c1ccc(Oc2ccc(C(F)(F)F)cn2)c(Cl)c1. The highest BCUT2D eigenvalue weighted by molar-refractivity contribution is 6.32. The van der Waals surface area contributed by atoms with Crippen molar-refractivity contribution < 1.29 is 26.7 Å². The molecule has 2 heterocycles. The average Bonchev–Trinajstić information content (AvgIpc) is 3.10. The Morgan fingerprint density at radius 1 is 1.00 bits per heavy atom. The van der Waals surface area contributed by atoms with E-state index in [1.54, 1.807) is 13.1 Å². The van der Waals surface area contributed by atoms with Gasteiger partial charge in [0.15, 0.2) is 11.6 Å². The number of alkyl halides is 3. The zero-order valence-electron chi connectivity index (χ0n) is 16.2. The second-order valence-electron chi connectivity index (χ2n) is 6.61. The Hall–Kier alpha value is -3.53. The summed E-state index contributed by atoms with van der Waals surface area (Å²) in [5.74, 6) is -1.39. The van der Waals surface area contributed by atoms with Crippen LogP contribution in [0.25, 0.3) is 22.8 Å². The second kappa shape index (κ2) is 8.19. The summed E-state index contributed by atoms with van der Waals surface area (Å²) in [4.78, 5) is 7.84. The lowest BCUT2D eigenvalue weighted by atomic mass is 10.2. The van der Waals surface area contributed by atoms with Gasteiger partial charge >= 0.3 is 6.18 Å². The third kappa shape index (κ3) is 4.26. The van der Waals surface area contributed by atoms with Gasteiger partial charge in [-0.25, -0.2) is 23.4 Å². The molecule has 11 heteroatoms. The number of hydrogen-bond donors (Lipinski definition) is 0. The average molecular weight is 467 g/mol. The van der Waals surface area contributed by atoms with Crippen LogP contribution in [0.5, 0.6) is 11.6 Å². The maximum Gasteiger partial charge on any atom is 0.417 e. The Labute approximate surface area is 183 Å². The van der Waals surface area contributed by atoms with Crippen molar-refractivity contribution in [2.24, 2.45) is 7.05 Å². The number of aryl methyl sites for hydroxylation is 1. The molecule has 0 aliphatic rings. The van der Waals surface area contributed by atoms with Gasteiger partial charge in [-0.3, -0.25) is 0 Å². The lowest BCUT2D eigenvalue weighted by Gasteiger charge is -2.10. The van der Waals surface area contributed by atoms with E-state index in [9.17, 15) is 22.0 Å². The Kier molecular flexibility index (Phi) is 5.55. The van der Waals surface area contributed by atoms with Crippen LogP contribution in [-0.4, -0.2) is 19.7 Å². The number of hydrogen-bond acceptors (Lipinski definition) is 4. The van der Waals surface area contributed by atoms with Crippen molar-refractivity contribution in [1.29, 1.82) is 0 Å². The predicted molar refractivity (Wildman–Crippen MR) is 106 cm³/mol. The molecular weight excluding hydrogens is 455 g/mol. The number of halogens is 6. The Bertz CT molecular complexity index is 1270. The van der Waals surface area contributed by atoms with Crippen molar-refractivity contribution in [3.05, 3.63) is 76.9 Å². The molecule has 0 amide bonds. The van der Waals surface area contributed by atoms with E-state index in [1.165, 1.54) is 22.9 Å². The van der Waals surface area contributed by atoms with Crippen LogP contribution in [0, 0.1) is 11.6 Å². The van der Waals surface area contributed by atoms with Gasteiger partial charge in [0.25, 0.3) is 0 Å². The third-order valence-electron chi connectivity index (χ3n) is 4.42. The molecule has 5 nitrogen and oxygen atoms in total. The molecule has 0 fully saturated rings. The van der Waals surface area contributed by atoms with Crippen molar-refractivity contribution in [2.75, 3.05) is 0 Å². The zero-order valence-corrected chi connectivity index (χ0v) is 16.9. The smallest absolute Gasteiger partial charge is 0.417 e. The largest absolute Gasteiger partial charge is 0.437 e. The first kappa shape index (κ1) is 21.7. The van der Waals surface area contributed by atoms with E-state index in [0.717, 1.165) is 24.3 Å². The van der Waals surface area contributed by atoms with E-state index in [0.29, 0.717) is 11.8 Å². The van der Waals surface area contributed by atoms with Gasteiger partial charge in [0.1, 0.15) is 17.4 Å². The minimum atomic E-state index is -4.51. The van der Waals surface area contributed by atoms with Gasteiger partial charge in [-0.05, 0) is 36.4 Å². The van der Waals surface area contributed by atoms with E-state index < -0.39 is 23.4 Å². The van der Waals surface area contributed by atoms with E-state index in [1.807, 2.05) is 0 Å². The number of rotatable bonds is 4. The molecule has 4 aromatic rings. The Morgan fingerprint density at radius 3 is 2.31 bits per heavy atom. The molecule has 0 radical (unpaired) electrons. The molecule has 0 N–H and O–H groups in total. The molecule has 0 saturated heterocycles. The molecule has 4 rings (SSSR count). The van der Waals surface area contributed by atoms with Crippen molar-refractivity contribution >= 4 is 11.6 Å². The highest BCUT2D eigenvalue weighted by atomic mass is 35.5. The fourth-order valence-electron chi connectivity index (χ4n) is 2.90. The quantitative estimate of drug-likeness (QED) is 0.332. The molecule has 0 unspecified atom stereocenters. The van der Waals surface area contributed by atoms with Crippen LogP contribution < -0.4 is 4.74 Å². The van der Waals surface area contributed by atoms with Crippen LogP contribution >= 0.6 is 11.6 Å². The summed E-state index contributed by atoms with van der Waals surface area (Å²) in [5.41, 5.74) is -0.787. The second-order valence-corrected chi connectivity index (χ2v) is 7.02. The van der Waals surface area contributed by atoms with Crippen molar-refractivity contribution in [1.82, 2.24) is 19.7 Å². The highest BCUT2D eigenvalue weighted by Gasteiger charge is 2.30. The van der Waals surface area contributed by atoms with Gasteiger partial charge in [0.05, 0.1) is 16.1 Å². The van der Waals surface area contributed by atoms with Crippen molar-refractivity contribution in [3.63, 3.8) is 0 Å². The standard InChI is InChI=1S/C21H12ClF5N4O/c1-31-20(29-19(30-31)18-14(23)3-2-4-15(18)24)11-5-7-16(13(22)9-11)32-17-8-6-12(10-28-17)21(25,26)27/h2-10H,1H3. The number of benzene rings is 2. The highest BCUT2D eigenvalue weighted by Crippen LogP contribution is 2.34. The lowest BCUT2D eigenvalue weighted by Crippen LogP contribution is -2.05. The Balaban J connectivity index is 1.61. The first-order valence-electron chi connectivity index (χ1n) is 9.00. The van der Waals surface area contributed by atoms with Crippen LogP contribution in [-0.2, 0) is 13.2 Å². The van der Waals surface area contributed by atoms with E-state index in [2.05, 4.69) is 15.1 Å². The van der Waals surface area contributed by atoms with Crippen LogP contribution in [0.1, 0.15) is 5.56 Å². The van der Waals surface area contributed by atoms with E-state index in [4.69, 9.17) is 16.3 Å². The normalized spacial score (nSPS) is 11.6. The number of pyridine rings is 1.